The van der Waals surface area contributed by atoms with Crippen LogP contribution < -0.4 is 11.1 Å². The van der Waals surface area contributed by atoms with Crippen LogP contribution in [0, 0.1) is 0 Å². The number of ether oxygens (including phenoxy) is 1. The number of rotatable bonds is 4. The molecule has 0 spiro atoms. The second kappa shape index (κ2) is 7.23. The topological polar surface area (TPSA) is 67.6 Å². The third-order valence-corrected chi connectivity index (χ3v) is 3.13. The van der Waals surface area contributed by atoms with Crippen molar-refractivity contribution >= 4 is 11.6 Å². The van der Waals surface area contributed by atoms with Gasteiger partial charge in [-0.25, -0.2) is 0 Å². The first-order valence-corrected chi connectivity index (χ1v) is 6.67. The largest absolute Gasteiger partial charge is 0.380 e. The van der Waals surface area contributed by atoms with E-state index in [4.69, 9.17) is 10.5 Å². The first-order valence-electron chi connectivity index (χ1n) is 6.67. The highest BCUT2D eigenvalue weighted by atomic mass is 16.5. The molecule has 0 unspecified atom stereocenters. The van der Waals surface area contributed by atoms with E-state index in [1.165, 1.54) is 0 Å². The Labute approximate surface area is 113 Å². The van der Waals surface area contributed by atoms with Crippen molar-refractivity contribution in [1.29, 1.82) is 0 Å². The molecule has 1 heterocycles. The van der Waals surface area contributed by atoms with Gasteiger partial charge in [0.2, 0.25) is 5.91 Å². The Kier molecular flexibility index (Phi) is 5.32. The van der Waals surface area contributed by atoms with Gasteiger partial charge < -0.3 is 15.8 Å². The van der Waals surface area contributed by atoms with E-state index in [0.717, 1.165) is 37.4 Å². The zero-order valence-electron chi connectivity index (χ0n) is 11.1. The van der Waals surface area contributed by atoms with Gasteiger partial charge in [0.05, 0.1) is 13.2 Å². The van der Waals surface area contributed by atoms with Crippen molar-refractivity contribution in [2.24, 2.45) is 5.73 Å². The fourth-order valence-electron chi connectivity index (χ4n) is 2.14. The molecule has 0 aromatic heterocycles. The predicted molar refractivity (Wildman–Crippen MR) is 74.8 cm³/mol. The fourth-order valence-corrected chi connectivity index (χ4v) is 2.14. The average molecular weight is 263 g/mol. The second-order valence-electron chi connectivity index (χ2n) is 4.69. The number of carbonyl (C=O) groups is 1. The number of amides is 1. The molecule has 1 saturated heterocycles. The molecule has 0 bridgehead atoms. The smallest absolute Gasteiger partial charge is 0.238 e. The van der Waals surface area contributed by atoms with E-state index < -0.39 is 0 Å². The van der Waals surface area contributed by atoms with Gasteiger partial charge in [0.25, 0.3) is 0 Å². The van der Waals surface area contributed by atoms with Gasteiger partial charge in [-0.05, 0) is 24.1 Å². The maximum absolute atomic E-state index is 12.0. The molecule has 0 radical (unpaired) electrons. The normalized spacial score (nSPS) is 16.9. The summed E-state index contributed by atoms with van der Waals surface area (Å²) >= 11 is 0. The summed E-state index contributed by atoms with van der Waals surface area (Å²) in [6.45, 7) is 4.11. The van der Waals surface area contributed by atoms with Crippen molar-refractivity contribution < 1.29 is 9.53 Å². The number of anilines is 1. The van der Waals surface area contributed by atoms with Gasteiger partial charge in [-0.15, -0.1) is 0 Å². The van der Waals surface area contributed by atoms with Crippen molar-refractivity contribution in [2.45, 2.75) is 13.0 Å². The second-order valence-corrected chi connectivity index (χ2v) is 4.69. The van der Waals surface area contributed by atoms with Crippen molar-refractivity contribution in [2.75, 3.05) is 38.2 Å². The Morgan fingerprint density at radius 2 is 2.26 bits per heavy atom. The van der Waals surface area contributed by atoms with Crippen molar-refractivity contribution in [3.8, 4) is 0 Å². The minimum absolute atomic E-state index is 0.0103. The van der Waals surface area contributed by atoms with Gasteiger partial charge in [-0.1, -0.05) is 12.1 Å². The van der Waals surface area contributed by atoms with Gasteiger partial charge in [0.15, 0.2) is 0 Å². The Morgan fingerprint density at radius 1 is 1.37 bits per heavy atom. The van der Waals surface area contributed by atoms with Crippen LogP contribution in [0.25, 0.3) is 0 Å². The predicted octanol–water partition coefficient (Wildman–Crippen LogP) is 0.806. The van der Waals surface area contributed by atoms with Crippen molar-refractivity contribution in [3.05, 3.63) is 29.8 Å². The third kappa shape index (κ3) is 4.63. The summed E-state index contributed by atoms with van der Waals surface area (Å²) in [6.07, 6.45) is 0.982. The van der Waals surface area contributed by atoms with Gasteiger partial charge in [0.1, 0.15) is 0 Å². The Hall–Kier alpha value is -1.43. The van der Waals surface area contributed by atoms with Crippen LogP contribution in [0.3, 0.4) is 0 Å². The van der Waals surface area contributed by atoms with Crippen LogP contribution in [0.2, 0.25) is 0 Å². The summed E-state index contributed by atoms with van der Waals surface area (Å²) in [5.74, 6) is 0.0103. The summed E-state index contributed by atoms with van der Waals surface area (Å²) in [4.78, 5) is 14.1. The number of hydrogen-bond acceptors (Lipinski definition) is 4. The molecule has 1 aromatic rings. The molecule has 1 aromatic carbocycles. The highest BCUT2D eigenvalue weighted by Crippen LogP contribution is 2.10. The molecule has 1 aliphatic rings. The summed E-state index contributed by atoms with van der Waals surface area (Å²) in [5.41, 5.74) is 7.40. The van der Waals surface area contributed by atoms with Crippen molar-refractivity contribution in [1.82, 2.24) is 4.90 Å². The molecule has 3 N–H and O–H groups in total. The lowest BCUT2D eigenvalue weighted by Gasteiger charge is -2.18. The monoisotopic (exact) mass is 263 g/mol. The number of hydrogen-bond donors (Lipinski definition) is 2. The first-order chi connectivity index (χ1) is 9.28. The molecule has 0 aliphatic carbocycles. The molecule has 104 valence electrons. The van der Waals surface area contributed by atoms with Crippen LogP contribution in [0.15, 0.2) is 24.3 Å². The SMILES string of the molecule is NCc1cccc(NC(=O)CN2CCCOCC2)c1. The van der Waals surface area contributed by atoms with E-state index in [2.05, 4.69) is 10.2 Å². The minimum Gasteiger partial charge on any atom is -0.380 e. The molecule has 5 nitrogen and oxygen atoms in total. The molecule has 0 atom stereocenters. The maximum Gasteiger partial charge on any atom is 0.238 e. The third-order valence-electron chi connectivity index (χ3n) is 3.13. The molecule has 2 rings (SSSR count). The molecule has 1 aliphatic heterocycles. The quantitative estimate of drug-likeness (QED) is 0.843. The number of carbonyl (C=O) groups excluding carboxylic acids is 1. The van der Waals surface area contributed by atoms with E-state index >= 15 is 0 Å². The summed E-state index contributed by atoms with van der Waals surface area (Å²) < 4.78 is 5.37. The maximum atomic E-state index is 12.0. The molecular weight excluding hydrogens is 242 g/mol. The van der Waals surface area contributed by atoms with Crippen LogP contribution in [-0.2, 0) is 16.1 Å². The standard InChI is InChI=1S/C14H21N3O2/c15-10-12-3-1-4-13(9-12)16-14(18)11-17-5-2-7-19-8-6-17/h1,3-4,9H,2,5-8,10-11,15H2,(H,16,18). The summed E-state index contributed by atoms with van der Waals surface area (Å²) in [5, 5.41) is 2.91. The van der Waals surface area contributed by atoms with E-state index in [9.17, 15) is 4.79 Å². The molecule has 1 amide bonds. The van der Waals surface area contributed by atoms with Gasteiger partial charge in [-0.2, -0.15) is 0 Å². The molecule has 0 saturated carbocycles. The van der Waals surface area contributed by atoms with Gasteiger partial charge >= 0.3 is 0 Å². The van der Waals surface area contributed by atoms with Crippen LogP contribution in [0.1, 0.15) is 12.0 Å². The van der Waals surface area contributed by atoms with E-state index in [-0.39, 0.29) is 5.91 Å². The Balaban J connectivity index is 1.85. The molecule has 19 heavy (non-hydrogen) atoms. The highest BCUT2D eigenvalue weighted by molar-refractivity contribution is 5.92. The lowest BCUT2D eigenvalue weighted by Crippen LogP contribution is -2.34. The number of nitrogens with zero attached hydrogens (tertiary/aromatic N) is 1. The summed E-state index contributed by atoms with van der Waals surface area (Å²) in [7, 11) is 0. The lowest BCUT2D eigenvalue weighted by molar-refractivity contribution is -0.117. The molecule has 1 fully saturated rings. The zero-order chi connectivity index (χ0) is 13.5. The first kappa shape index (κ1) is 14.0. The number of benzene rings is 1. The summed E-state index contributed by atoms with van der Waals surface area (Å²) in [6, 6.07) is 7.63. The van der Waals surface area contributed by atoms with E-state index in [1.807, 2.05) is 24.3 Å². The zero-order valence-corrected chi connectivity index (χ0v) is 11.1. The lowest BCUT2D eigenvalue weighted by atomic mass is 10.2. The highest BCUT2D eigenvalue weighted by Gasteiger charge is 2.13. The van der Waals surface area contributed by atoms with Crippen LogP contribution >= 0.6 is 0 Å². The Bertz CT molecular complexity index is 415. The fraction of sp³-hybridized carbons (Fsp3) is 0.500. The van der Waals surface area contributed by atoms with Crippen LogP contribution in [0.4, 0.5) is 5.69 Å². The van der Waals surface area contributed by atoms with Crippen molar-refractivity contribution in [3.63, 3.8) is 0 Å². The Morgan fingerprint density at radius 3 is 3.11 bits per heavy atom. The minimum atomic E-state index is 0.0103. The van der Waals surface area contributed by atoms with Crippen LogP contribution in [-0.4, -0.2) is 43.7 Å². The number of nitrogens with two attached hydrogens (primary N) is 1. The number of nitrogens with one attached hydrogen (secondary N) is 1. The van der Waals surface area contributed by atoms with Gasteiger partial charge in [-0.3, -0.25) is 9.69 Å². The van der Waals surface area contributed by atoms with E-state index in [0.29, 0.717) is 19.7 Å². The average Bonchev–Trinajstić information content (AvgIpc) is 2.67. The van der Waals surface area contributed by atoms with Crippen LogP contribution in [0.5, 0.6) is 0 Å². The molecular formula is C14H21N3O2. The van der Waals surface area contributed by atoms with Gasteiger partial charge in [0, 0.05) is 31.9 Å². The van der Waals surface area contributed by atoms with E-state index in [1.54, 1.807) is 0 Å². The molecule has 5 heteroatoms.